The maximum Gasteiger partial charge on any atom is 0.243 e. The fourth-order valence-electron chi connectivity index (χ4n) is 2.56. The van der Waals surface area contributed by atoms with Crippen molar-refractivity contribution in [2.45, 2.75) is 48.6 Å². The van der Waals surface area contributed by atoms with Crippen LogP contribution in [0.4, 0.5) is 0 Å². The highest BCUT2D eigenvalue weighted by Crippen LogP contribution is 2.23. The van der Waals surface area contributed by atoms with E-state index in [-0.39, 0.29) is 34.3 Å². The van der Waals surface area contributed by atoms with Gasteiger partial charge in [-0.2, -0.15) is 4.31 Å². The molecule has 0 spiro atoms. The minimum atomic E-state index is -3.75. The maximum absolute atomic E-state index is 12.5. The summed E-state index contributed by atoms with van der Waals surface area (Å²) in [6.07, 6.45) is 1.19. The predicted octanol–water partition coefficient (Wildman–Crippen LogP) is 0.907. The number of nitrogens with zero attached hydrogens (tertiary/aromatic N) is 1. The van der Waals surface area contributed by atoms with E-state index in [0.717, 1.165) is 0 Å². The van der Waals surface area contributed by atoms with Crippen LogP contribution in [0.2, 0.25) is 0 Å². The number of nitrogens with two attached hydrogens (primary N) is 1. The fraction of sp³-hybridized carbons (Fsp3) is 0.571. The molecule has 0 radical (unpaired) electrons. The van der Waals surface area contributed by atoms with Crippen LogP contribution in [0.25, 0.3) is 0 Å². The summed E-state index contributed by atoms with van der Waals surface area (Å²) in [6, 6.07) is 5.29. The Kier molecular flexibility index (Phi) is 7.21. The zero-order chi connectivity index (χ0) is 17.3. The number of benzene rings is 1. The van der Waals surface area contributed by atoms with Crippen LogP contribution in [-0.2, 0) is 20.0 Å². The van der Waals surface area contributed by atoms with E-state index in [1.807, 2.05) is 0 Å². The fourth-order valence-corrected chi connectivity index (χ4v) is 5.45. The molecule has 7 nitrogen and oxygen atoms in total. The lowest BCUT2D eigenvalue weighted by Gasteiger charge is -2.32. The molecule has 2 rings (SSSR count). The summed E-state index contributed by atoms with van der Waals surface area (Å²) in [7, 11) is -7.45. The molecule has 1 aromatic rings. The summed E-state index contributed by atoms with van der Waals surface area (Å²) >= 11 is 0. The number of hydrogen-bond acceptors (Lipinski definition) is 5. The van der Waals surface area contributed by atoms with Crippen LogP contribution in [0.3, 0.4) is 0 Å². The Labute approximate surface area is 150 Å². The second kappa shape index (κ2) is 8.11. The van der Waals surface area contributed by atoms with Gasteiger partial charge in [-0.1, -0.05) is 19.9 Å². The van der Waals surface area contributed by atoms with Crippen LogP contribution in [-0.4, -0.2) is 46.3 Å². The van der Waals surface area contributed by atoms with Gasteiger partial charge in [0.1, 0.15) is 0 Å². The molecule has 138 valence electrons. The third kappa shape index (κ3) is 4.47. The molecule has 3 N–H and O–H groups in total. The van der Waals surface area contributed by atoms with Gasteiger partial charge in [0.2, 0.25) is 20.0 Å². The van der Waals surface area contributed by atoms with E-state index < -0.39 is 20.0 Å². The van der Waals surface area contributed by atoms with E-state index in [0.29, 0.717) is 25.9 Å². The Bertz CT molecular complexity index is 758. The molecule has 0 unspecified atom stereocenters. The molecule has 0 atom stereocenters. The number of rotatable bonds is 7. The number of nitrogens with one attached hydrogen (secondary N) is 1. The molecular formula is C14H24ClN3O4S2. The van der Waals surface area contributed by atoms with E-state index in [4.69, 9.17) is 5.73 Å². The van der Waals surface area contributed by atoms with Gasteiger partial charge in [0.25, 0.3) is 0 Å². The first-order valence-electron chi connectivity index (χ1n) is 7.58. The summed E-state index contributed by atoms with van der Waals surface area (Å²) in [6.45, 7) is 4.13. The molecule has 0 bridgehead atoms. The van der Waals surface area contributed by atoms with Gasteiger partial charge in [-0.05, 0) is 31.0 Å². The van der Waals surface area contributed by atoms with Crippen LogP contribution >= 0.6 is 12.4 Å². The first kappa shape index (κ1) is 21.3. The first-order valence-corrected chi connectivity index (χ1v) is 10.5. The average Bonchev–Trinajstić information content (AvgIpc) is 2.46. The van der Waals surface area contributed by atoms with Crippen molar-refractivity contribution in [3.05, 3.63) is 24.3 Å². The molecule has 1 saturated carbocycles. The monoisotopic (exact) mass is 397 g/mol. The number of halogens is 1. The Hall–Kier alpha value is -0.710. The average molecular weight is 398 g/mol. The van der Waals surface area contributed by atoms with Gasteiger partial charge >= 0.3 is 0 Å². The normalized spacial score (nSPS) is 21.2. The molecule has 1 aliphatic rings. The van der Waals surface area contributed by atoms with Crippen LogP contribution < -0.4 is 10.5 Å². The smallest absolute Gasteiger partial charge is 0.243 e. The molecule has 1 fully saturated rings. The van der Waals surface area contributed by atoms with Crippen LogP contribution in [0.5, 0.6) is 0 Å². The van der Waals surface area contributed by atoms with Crippen molar-refractivity contribution < 1.29 is 16.8 Å². The Morgan fingerprint density at radius 2 is 1.67 bits per heavy atom. The molecule has 10 heteroatoms. The summed E-state index contributed by atoms with van der Waals surface area (Å²) in [4.78, 5) is -0.0689. The standard InChI is InChI=1S/C14H23N3O4S2.ClH/c1-3-17(4-2)23(20,21)14-7-5-6-13(10-14)22(18,19)16-12-8-11(15)9-12;/h5-7,10-12,16H,3-4,8-9,15H2,1-2H3;1H. The second-order valence-electron chi connectivity index (χ2n) is 5.61. The Balaban J connectivity index is 0.00000288. The van der Waals surface area contributed by atoms with Crippen molar-refractivity contribution in [2.75, 3.05) is 13.1 Å². The Morgan fingerprint density at radius 1 is 1.12 bits per heavy atom. The van der Waals surface area contributed by atoms with E-state index in [1.165, 1.54) is 28.6 Å². The minimum absolute atomic E-state index is 0. The molecule has 0 aliphatic heterocycles. The molecular weight excluding hydrogens is 374 g/mol. The molecule has 1 aliphatic carbocycles. The van der Waals surface area contributed by atoms with Crippen LogP contribution in [0, 0.1) is 0 Å². The third-order valence-corrected chi connectivity index (χ3v) is 7.52. The minimum Gasteiger partial charge on any atom is -0.328 e. The molecule has 0 heterocycles. The SMILES string of the molecule is CCN(CC)S(=O)(=O)c1cccc(S(=O)(=O)NC2CC(N)C2)c1.Cl. The maximum atomic E-state index is 12.5. The third-order valence-electron chi connectivity index (χ3n) is 3.96. The second-order valence-corrected chi connectivity index (χ2v) is 9.27. The predicted molar refractivity (Wildman–Crippen MR) is 95.1 cm³/mol. The largest absolute Gasteiger partial charge is 0.328 e. The molecule has 0 amide bonds. The highest BCUT2D eigenvalue weighted by Gasteiger charge is 2.31. The quantitative estimate of drug-likeness (QED) is 0.710. The first-order chi connectivity index (χ1) is 10.7. The van der Waals surface area contributed by atoms with Crippen LogP contribution in [0.15, 0.2) is 34.1 Å². The van der Waals surface area contributed by atoms with Crippen molar-refractivity contribution >= 4 is 32.5 Å². The molecule has 0 aromatic heterocycles. The summed E-state index contributed by atoms with van der Waals surface area (Å²) in [5, 5.41) is 0. The zero-order valence-electron chi connectivity index (χ0n) is 13.7. The van der Waals surface area contributed by atoms with Gasteiger partial charge in [0.15, 0.2) is 0 Å². The lowest BCUT2D eigenvalue weighted by Crippen LogP contribution is -2.50. The van der Waals surface area contributed by atoms with Crippen LogP contribution in [0.1, 0.15) is 26.7 Å². The molecule has 0 saturated heterocycles. The Morgan fingerprint density at radius 3 is 2.17 bits per heavy atom. The van der Waals surface area contributed by atoms with E-state index in [2.05, 4.69) is 4.72 Å². The van der Waals surface area contributed by atoms with Crippen molar-refractivity contribution in [2.24, 2.45) is 5.73 Å². The van der Waals surface area contributed by atoms with Gasteiger partial charge in [-0.15, -0.1) is 12.4 Å². The van der Waals surface area contributed by atoms with Crippen molar-refractivity contribution in [3.8, 4) is 0 Å². The topological polar surface area (TPSA) is 110 Å². The van der Waals surface area contributed by atoms with Gasteiger partial charge < -0.3 is 5.73 Å². The van der Waals surface area contributed by atoms with Gasteiger partial charge in [-0.3, -0.25) is 0 Å². The van der Waals surface area contributed by atoms with Crippen molar-refractivity contribution in [3.63, 3.8) is 0 Å². The number of hydrogen-bond donors (Lipinski definition) is 2. The van der Waals surface area contributed by atoms with Gasteiger partial charge in [0, 0.05) is 25.2 Å². The summed E-state index contributed by atoms with van der Waals surface area (Å²) < 4.78 is 53.6. The highest BCUT2D eigenvalue weighted by atomic mass is 35.5. The van der Waals surface area contributed by atoms with E-state index in [9.17, 15) is 16.8 Å². The van der Waals surface area contributed by atoms with Gasteiger partial charge in [-0.25, -0.2) is 21.6 Å². The van der Waals surface area contributed by atoms with E-state index >= 15 is 0 Å². The lowest BCUT2D eigenvalue weighted by molar-refractivity contribution is 0.327. The summed E-state index contributed by atoms with van der Waals surface area (Å²) in [5.74, 6) is 0. The highest BCUT2D eigenvalue weighted by molar-refractivity contribution is 7.90. The molecule has 24 heavy (non-hydrogen) atoms. The molecule has 1 aromatic carbocycles. The van der Waals surface area contributed by atoms with Crippen molar-refractivity contribution in [1.29, 1.82) is 0 Å². The van der Waals surface area contributed by atoms with Crippen molar-refractivity contribution in [1.82, 2.24) is 9.03 Å². The zero-order valence-corrected chi connectivity index (χ0v) is 16.1. The number of sulfonamides is 2. The van der Waals surface area contributed by atoms with Gasteiger partial charge in [0.05, 0.1) is 9.79 Å². The lowest BCUT2D eigenvalue weighted by atomic mass is 9.89. The summed E-state index contributed by atoms with van der Waals surface area (Å²) in [5.41, 5.74) is 5.65. The van der Waals surface area contributed by atoms with E-state index in [1.54, 1.807) is 13.8 Å².